The fraction of sp³-hybridized carbons (Fsp3) is 0.320. The summed E-state index contributed by atoms with van der Waals surface area (Å²) in [6.45, 7) is 4.02. The van der Waals surface area contributed by atoms with E-state index in [1.807, 2.05) is 18.2 Å². The van der Waals surface area contributed by atoms with E-state index in [-0.39, 0.29) is 10.9 Å². The molecule has 3 aromatic rings. The van der Waals surface area contributed by atoms with Crippen LogP contribution in [0.5, 0.6) is 5.75 Å². The molecule has 1 N–H and O–H groups in total. The number of nitrogens with zero attached hydrogens (tertiary/aromatic N) is 4. The van der Waals surface area contributed by atoms with Crippen molar-refractivity contribution in [2.45, 2.75) is 19.3 Å². The molecule has 0 bridgehead atoms. The van der Waals surface area contributed by atoms with E-state index < -0.39 is 5.82 Å². The monoisotopic (exact) mass is 481 g/mol. The smallest absolute Gasteiger partial charge is 0.250 e. The van der Waals surface area contributed by atoms with Crippen molar-refractivity contribution >= 4 is 45.6 Å². The molecule has 9 heteroatoms. The van der Waals surface area contributed by atoms with Crippen LogP contribution in [0.4, 0.5) is 21.6 Å². The van der Waals surface area contributed by atoms with E-state index in [4.69, 9.17) is 16.3 Å². The van der Waals surface area contributed by atoms with Crippen LogP contribution in [0.1, 0.15) is 19.3 Å². The van der Waals surface area contributed by atoms with Gasteiger partial charge < -0.3 is 15.0 Å². The number of carbonyl (C=O) groups is 1. The maximum absolute atomic E-state index is 13.6. The van der Waals surface area contributed by atoms with E-state index in [9.17, 15) is 9.18 Å². The first-order valence-corrected chi connectivity index (χ1v) is 11.8. The van der Waals surface area contributed by atoms with Gasteiger partial charge in [0.1, 0.15) is 23.7 Å². The molecule has 2 aliphatic rings. The zero-order valence-electron chi connectivity index (χ0n) is 18.6. The number of amides is 1. The van der Waals surface area contributed by atoms with E-state index in [1.54, 1.807) is 17.0 Å². The standard InChI is InChI=1S/C25H25ClFN5O2/c26-19-13-17(6-7-20(19)27)30-25-18-14-22-23(15-21(18)28-16-29-25)34-12-4-11-32(22)24(33)5-3-10-31-8-1-2-9-31/h3,5-7,13-16H,1-2,4,8-12H2,(H,28,29,30). The minimum absolute atomic E-state index is 0.0168. The highest BCUT2D eigenvalue weighted by atomic mass is 35.5. The van der Waals surface area contributed by atoms with Crippen molar-refractivity contribution in [2.75, 3.05) is 43.0 Å². The highest BCUT2D eigenvalue weighted by molar-refractivity contribution is 6.31. The van der Waals surface area contributed by atoms with Gasteiger partial charge in [-0.15, -0.1) is 0 Å². The van der Waals surface area contributed by atoms with Crippen molar-refractivity contribution in [2.24, 2.45) is 0 Å². The molecule has 34 heavy (non-hydrogen) atoms. The number of halogens is 2. The van der Waals surface area contributed by atoms with Crippen LogP contribution < -0.4 is 15.0 Å². The molecule has 0 radical (unpaired) electrons. The van der Waals surface area contributed by atoms with Gasteiger partial charge in [-0.3, -0.25) is 9.69 Å². The van der Waals surface area contributed by atoms with Crippen LogP contribution in [0, 0.1) is 5.82 Å². The third kappa shape index (κ3) is 4.83. The summed E-state index contributed by atoms with van der Waals surface area (Å²) in [4.78, 5) is 26.0. The predicted molar refractivity (Wildman–Crippen MR) is 132 cm³/mol. The third-order valence-electron chi connectivity index (χ3n) is 6.06. The number of hydrogen-bond acceptors (Lipinski definition) is 6. The van der Waals surface area contributed by atoms with Crippen molar-refractivity contribution in [1.29, 1.82) is 0 Å². The number of rotatable bonds is 5. The number of ether oxygens (including phenoxy) is 1. The number of benzene rings is 2. The van der Waals surface area contributed by atoms with Gasteiger partial charge in [-0.2, -0.15) is 0 Å². The van der Waals surface area contributed by atoms with E-state index in [0.29, 0.717) is 47.0 Å². The zero-order chi connectivity index (χ0) is 23.5. The molecule has 1 amide bonds. The number of fused-ring (bicyclic) bond motifs is 2. The summed E-state index contributed by atoms with van der Waals surface area (Å²) in [6.07, 6.45) is 8.19. The lowest BCUT2D eigenvalue weighted by Crippen LogP contribution is -2.30. The lowest BCUT2D eigenvalue weighted by molar-refractivity contribution is -0.114. The molecular formula is C25H25ClFN5O2. The second kappa shape index (κ2) is 9.95. The summed E-state index contributed by atoms with van der Waals surface area (Å²) in [5.74, 6) is 0.564. The van der Waals surface area contributed by atoms with Crippen LogP contribution in [0.3, 0.4) is 0 Å². The van der Waals surface area contributed by atoms with Crippen LogP contribution in [0.2, 0.25) is 5.02 Å². The van der Waals surface area contributed by atoms with Gasteiger partial charge in [0, 0.05) is 36.3 Å². The fourth-order valence-corrected chi connectivity index (χ4v) is 4.50. The van der Waals surface area contributed by atoms with E-state index in [1.165, 1.54) is 31.3 Å². The van der Waals surface area contributed by atoms with Crippen LogP contribution in [0.15, 0.2) is 48.8 Å². The largest absolute Gasteiger partial charge is 0.491 e. The molecule has 1 fully saturated rings. The molecule has 0 aliphatic carbocycles. The molecule has 3 heterocycles. The van der Waals surface area contributed by atoms with E-state index >= 15 is 0 Å². The van der Waals surface area contributed by atoms with Gasteiger partial charge in [0.25, 0.3) is 5.91 Å². The molecule has 0 atom stereocenters. The highest BCUT2D eigenvalue weighted by Gasteiger charge is 2.23. The lowest BCUT2D eigenvalue weighted by atomic mass is 10.1. The normalized spacial score (nSPS) is 16.5. The Bertz CT molecular complexity index is 1250. The summed E-state index contributed by atoms with van der Waals surface area (Å²) in [5, 5.41) is 3.91. The maximum atomic E-state index is 13.6. The maximum Gasteiger partial charge on any atom is 0.250 e. The lowest BCUT2D eigenvalue weighted by Gasteiger charge is -2.21. The number of nitrogens with one attached hydrogen (secondary N) is 1. The topological polar surface area (TPSA) is 70.6 Å². The molecule has 7 nitrogen and oxygen atoms in total. The van der Waals surface area contributed by atoms with Gasteiger partial charge >= 0.3 is 0 Å². The molecule has 0 saturated carbocycles. The predicted octanol–water partition coefficient (Wildman–Crippen LogP) is 4.93. The Kier molecular flexibility index (Phi) is 6.60. The summed E-state index contributed by atoms with van der Waals surface area (Å²) < 4.78 is 19.5. The third-order valence-corrected chi connectivity index (χ3v) is 6.35. The fourth-order valence-electron chi connectivity index (χ4n) is 4.32. The second-order valence-electron chi connectivity index (χ2n) is 8.42. The molecular weight excluding hydrogens is 457 g/mol. The molecule has 1 aromatic heterocycles. The van der Waals surface area contributed by atoms with Gasteiger partial charge in [0.15, 0.2) is 0 Å². The summed E-state index contributed by atoms with van der Waals surface area (Å²) in [5.41, 5.74) is 1.94. The number of aromatic nitrogens is 2. The first-order valence-electron chi connectivity index (χ1n) is 11.4. The first-order chi connectivity index (χ1) is 16.6. The average molecular weight is 482 g/mol. The highest BCUT2D eigenvalue weighted by Crippen LogP contribution is 2.37. The van der Waals surface area contributed by atoms with Crippen LogP contribution >= 0.6 is 11.6 Å². The van der Waals surface area contributed by atoms with Crippen molar-refractivity contribution in [3.05, 3.63) is 59.7 Å². The minimum atomic E-state index is -0.492. The van der Waals surface area contributed by atoms with E-state index in [0.717, 1.165) is 26.1 Å². The Morgan fingerprint density at radius 3 is 2.82 bits per heavy atom. The summed E-state index contributed by atoms with van der Waals surface area (Å²) in [7, 11) is 0. The van der Waals surface area contributed by atoms with Gasteiger partial charge in [0.05, 0.1) is 22.8 Å². The Morgan fingerprint density at radius 1 is 1.15 bits per heavy atom. The molecule has 2 aliphatic heterocycles. The Morgan fingerprint density at radius 2 is 2.00 bits per heavy atom. The Labute approximate surface area is 202 Å². The van der Waals surface area contributed by atoms with Crippen LogP contribution in [-0.2, 0) is 4.79 Å². The Balaban J connectivity index is 1.46. The molecule has 0 spiro atoms. The van der Waals surface area contributed by atoms with Crippen LogP contribution in [0.25, 0.3) is 10.9 Å². The van der Waals surface area contributed by atoms with Crippen molar-refractivity contribution < 1.29 is 13.9 Å². The molecule has 176 valence electrons. The van der Waals surface area contributed by atoms with Crippen molar-refractivity contribution in [3.8, 4) is 5.75 Å². The second-order valence-corrected chi connectivity index (χ2v) is 8.82. The molecule has 5 rings (SSSR count). The van der Waals surface area contributed by atoms with Crippen LogP contribution in [-0.4, -0.2) is 53.6 Å². The SMILES string of the molecule is O=C(C=CCN1CCCC1)N1CCCOc2cc3ncnc(Nc4ccc(F)c(Cl)c4)c3cc21. The van der Waals surface area contributed by atoms with E-state index in [2.05, 4.69) is 20.2 Å². The van der Waals surface area contributed by atoms with Gasteiger partial charge in [-0.1, -0.05) is 17.7 Å². The minimum Gasteiger partial charge on any atom is -0.491 e. The summed E-state index contributed by atoms with van der Waals surface area (Å²) in [6, 6.07) is 8.08. The van der Waals surface area contributed by atoms with Gasteiger partial charge in [-0.25, -0.2) is 14.4 Å². The number of likely N-dealkylation sites (tertiary alicyclic amines) is 1. The molecule has 1 saturated heterocycles. The van der Waals surface area contributed by atoms with Gasteiger partial charge in [-0.05, 0) is 56.6 Å². The van der Waals surface area contributed by atoms with Gasteiger partial charge in [0.2, 0.25) is 0 Å². The molecule has 0 unspecified atom stereocenters. The zero-order valence-corrected chi connectivity index (χ0v) is 19.4. The number of anilines is 3. The first kappa shape index (κ1) is 22.6. The Hall–Kier alpha value is -3.23. The molecule has 2 aromatic carbocycles. The van der Waals surface area contributed by atoms with Crippen molar-refractivity contribution in [1.82, 2.24) is 14.9 Å². The number of hydrogen-bond donors (Lipinski definition) is 1. The summed E-state index contributed by atoms with van der Waals surface area (Å²) >= 11 is 5.93. The average Bonchev–Trinajstić information content (AvgIpc) is 3.26. The van der Waals surface area contributed by atoms with Crippen molar-refractivity contribution in [3.63, 3.8) is 0 Å². The quantitative estimate of drug-likeness (QED) is 0.521. The number of carbonyl (C=O) groups excluding carboxylic acids is 1.